The van der Waals surface area contributed by atoms with E-state index in [1.807, 2.05) is 6.07 Å². The molecule has 1 aromatic carbocycles. The predicted molar refractivity (Wildman–Crippen MR) is 81.4 cm³/mol. The first-order chi connectivity index (χ1) is 10.4. The third kappa shape index (κ3) is 4.57. The quantitative estimate of drug-likeness (QED) is 0.832. The number of ether oxygens (including phenoxy) is 1. The van der Waals surface area contributed by atoms with E-state index in [-0.39, 0.29) is 18.1 Å². The number of aryl methyl sites for hydroxylation is 2. The largest absolute Gasteiger partial charge is 0.491 e. The number of hydrogen-bond acceptors (Lipinski definition) is 6. The molecular weight excluding hydrogens is 306 g/mol. The molecule has 0 aliphatic carbocycles. The van der Waals surface area contributed by atoms with Crippen molar-refractivity contribution in [1.82, 2.24) is 5.16 Å². The third-order valence-electron chi connectivity index (χ3n) is 3.18. The van der Waals surface area contributed by atoms with Crippen LogP contribution in [0.25, 0.3) is 0 Å². The van der Waals surface area contributed by atoms with Gasteiger partial charge in [-0.1, -0.05) is 23.4 Å². The molecule has 7 heteroatoms. The number of hydrogen-bond donors (Lipinski definition) is 1. The molecule has 0 radical (unpaired) electrons. The molecule has 0 aliphatic rings. The summed E-state index contributed by atoms with van der Waals surface area (Å²) in [7, 11) is -3.48. The Labute approximate surface area is 129 Å². The van der Waals surface area contributed by atoms with Crippen molar-refractivity contribution >= 4 is 9.84 Å². The van der Waals surface area contributed by atoms with Crippen LogP contribution in [0, 0.1) is 13.8 Å². The van der Waals surface area contributed by atoms with E-state index in [1.165, 1.54) is 0 Å². The van der Waals surface area contributed by atoms with Gasteiger partial charge in [-0.25, -0.2) is 8.42 Å². The van der Waals surface area contributed by atoms with Crippen molar-refractivity contribution in [1.29, 1.82) is 0 Å². The molecule has 0 amide bonds. The number of benzene rings is 1. The molecule has 0 saturated carbocycles. The average Bonchev–Trinajstić information content (AvgIpc) is 2.77. The van der Waals surface area contributed by atoms with Crippen LogP contribution in [0.4, 0.5) is 0 Å². The van der Waals surface area contributed by atoms with Crippen molar-refractivity contribution in [3.8, 4) is 5.75 Å². The second-order valence-electron chi connectivity index (χ2n) is 5.14. The van der Waals surface area contributed by atoms with E-state index in [2.05, 4.69) is 5.16 Å². The highest BCUT2D eigenvalue weighted by atomic mass is 32.2. The first kappa shape index (κ1) is 16.5. The highest BCUT2D eigenvalue weighted by Gasteiger charge is 2.22. The zero-order valence-corrected chi connectivity index (χ0v) is 13.3. The van der Waals surface area contributed by atoms with Crippen LogP contribution in [0.3, 0.4) is 0 Å². The number of aliphatic hydroxyl groups excluding tert-OH is 1. The minimum Gasteiger partial charge on any atom is -0.491 e. The van der Waals surface area contributed by atoms with Crippen LogP contribution >= 0.6 is 0 Å². The highest BCUT2D eigenvalue weighted by Crippen LogP contribution is 2.17. The van der Waals surface area contributed by atoms with Gasteiger partial charge in [-0.05, 0) is 26.0 Å². The number of para-hydroxylation sites is 1. The van der Waals surface area contributed by atoms with Gasteiger partial charge in [-0.3, -0.25) is 0 Å². The standard InChI is InChI=1S/C15H19NO5S/c1-11-15(12(2)21-16-11)10-22(18,19)9-13(17)8-20-14-6-4-3-5-7-14/h3-7,13,17H,8-10H2,1-2H3/t13-/m0/s1. The maximum Gasteiger partial charge on any atom is 0.157 e. The number of sulfone groups is 1. The molecule has 0 saturated heterocycles. The molecule has 0 bridgehead atoms. The van der Waals surface area contributed by atoms with Crippen LogP contribution in [-0.4, -0.2) is 37.1 Å². The summed E-state index contributed by atoms with van der Waals surface area (Å²) >= 11 is 0. The van der Waals surface area contributed by atoms with E-state index >= 15 is 0 Å². The van der Waals surface area contributed by atoms with Crippen molar-refractivity contribution < 1.29 is 22.8 Å². The number of aliphatic hydroxyl groups is 1. The molecule has 120 valence electrons. The predicted octanol–water partition coefficient (Wildman–Crippen LogP) is 1.65. The van der Waals surface area contributed by atoms with Crippen molar-refractivity contribution in [2.75, 3.05) is 12.4 Å². The normalized spacial score (nSPS) is 13.0. The Morgan fingerprint density at radius 3 is 2.55 bits per heavy atom. The van der Waals surface area contributed by atoms with E-state index in [0.29, 0.717) is 22.8 Å². The van der Waals surface area contributed by atoms with E-state index in [4.69, 9.17) is 9.26 Å². The fraction of sp³-hybridized carbons (Fsp3) is 0.400. The van der Waals surface area contributed by atoms with Crippen LogP contribution in [0.1, 0.15) is 17.0 Å². The number of nitrogens with zero attached hydrogens (tertiary/aromatic N) is 1. The molecule has 2 aromatic rings. The monoisotopic (exact) mass is 325 g/mol. The van der Waals surface area contributed by atoms with Crippen molar-refractivity contribution in [3.05, 3.63) is 47.3 Å². The minimum absolute atomic E-state index is 0.0785. The second-order valence-corrected chi connectivity index (χ2v) is 7.24. The lowest BCUT2D eigenvalue weighted by Crippen LogP contribution is -2.28. The molecule has 1 aromatic heterocycles. The SMILES string of the molecule is Cc1noc(C)c1CS(=O)(=O)C[C@@H](O)COc1ccccc1. The van der Waals surface area contributed by atoms with Gasteiger partial charge in [0, 0.05) is 5.56 Å². The highest BCUT2D eigenvalue weighted by molar-refractivity contribution is 7.90. The van der Waals surface area contributed by atoms with Gasteiger partial charge >= 0.3 is 0 Å². The summed E-state index contributed by atoms with van der Waals surface area (Å²) in [5.41, 5.74) is 1.10. The summed E-state index contributed by atoms with van der Waals surface area (Å²) in [5.74, 6) is 0.501. The van der Waals surface area contributed by atoms with Crippen LogP contribution in [-0.2, 0) is 15.6 Å². The van der Waals surface area contributed by atoms with Crippen LogP contribution in [0.5, 0.6) is 5.75 Å². The molecule has 1 N–H and O–H groups in total. The Morgan fingerprint density at radius 1 is 1.27 bits per heavy atom. The van der Waals surface area contributed by atoms with Gasteiger partial charge in [0.15, 0.2) is 9.84 Å². The first-order valence-electron chi connectivity index (χ1n) is 6.85. The van der Waals surface area contributed by atoms with Crippen LogP contribution in [0.15, 0.2) is 34.9 Å². The molecule has 2 rings (SSSR count). The van der Waals surface area contributed by atoms with E-state index in [1.54, 1.807) is 38.1 Å². The molecule has 22 heavy (non-hydrogen) atoms. The van der Waals surface area contributed by atoms with E-state index < -0.39 is 15.9 Å². The van der Waals surface area contributed by atoms with Crippen molar-refractivity contribution in [3.63, 3.8) is 0 Å². The Kier molecular flexibility index (Phi) is 5.20. The fourth-order valence-electron chi connectivity index (χ4n) is 2.04. The first-order valence-corrected chi connectivity index (χ1v) is 8.67. The molecule has 0 fully saturated rings. The van der Waals surface area contributed by atoms with Crippen LogP contribution < -0.4 is 4.74 Å². The maximum absolute atomic E-state index is 12.1. The third-order valence-corrected chi connectivity index (χ3v) is 4.80. The number of aromatic nitrogens is 1. The van der Waals surface area contributed by atoms with E-state index in [0.717, 1.165) is 0 Å². The Balaban J connectivity index is 1.91. The molecule has 0 spiro atoms. The molecule has 1 atom stereocenters. The summed E-state index contributed by atoms with van der Waals surface area (Å²) in [6.45, 7) is 3.28. The Morgan fingerprint density at radius 2 is 1.95 bits per heavy atom. The molecule has 0 unspecified atom stereocenters. The summed E-state index contributed by atoms with van der Waals surface area (Å²) in [6.07, 6.45) is -1.09. The minimum atomic E-state index is -3.48. The maximum atomic E-state index is 12.1. The molecule has 6 nitrogen and oxygen atoms in total. The molecule has 0 aliphatic heterocycles. The molecule has 1 heterocycles. The van der Waals surface area contributed by atoms with Gasteiger partial charge < -0.3 is 14.4 Å². The lowest BCUT2D eigenvalue weighted by atomic mass is 10.2. The molecular formula is C15H19NO5S. The van der Waals surface area contributed by atoms with Crippen molar-refractivity contribution in [2.24, 2.45) is 0 Å². The Bertz CT molecular complexity index is 689. The second kappa shape index (κ2) is 6.93. The van der Waals surface area contributed by atoms with Gasteiger partial charge in [0.2, 0.25) is 0 Å². The zero-order valence-electron chi connectivity index (χ0n) is 12.5. The van der Waals surface area contributed by atoms with Crippen LogP contribution in [0.2, 0.25) is 0 Å². The summed E-state index contributed by atoms with van der Waals surface area (Å²) in [4.78, 5) is 0. The summed E-state index contributed by atoms with van der Waals surface area (Å²) in [6, 6.07) is 8.93. The van der Waals surface area contributed by atoms with Gasteiger partial charge in [0.1, 0.15) is 24.2 Å². The smallest absolute Gasteiger partial charge is 0.157 e. The van der Waals surface area contributed by atoms with Crippen molar-refractivity contribution in [2.45, 2.75) is 25.7 Å². The summed E-state index contributed by atoms with van der Waals surface area (Å²) < 4.78 is 34.6. The average molecular weight is 325 g/mol. The lowest BCUT2D eigenvalue weighted by molar-refractivity contribution is 0.125. The van der Waals surface area contributed by atoms with Gasteiger partial charge in [-0.15, -0.1) is 0 Å². The zero-order chi connectivity index (χ0) is 16.2. The van der Waals surface area contributed by atoms with E-state index in [9.17, 15) is 13.5 Å². The van der Waals surface area contributed by atoms with Gasteiger partial charge in [-0.2, -0.15) is 0 Å². The summed E-state index contributed by atoms with van der Waals surface area (Å²) in [5, 5.41) is 13.6. The van der Waals surface area contributed by atoms with Gasteiger partial charge in [0.05, 0.1) is 17.2 Å². The Hall–Kier alpha value is -1.86. The number of rotatable bonds is 7. The fourth-order valence-corrected chi connectivity index (χ4v) is 3.69. The lowest BCUT2D eigenvalue weighted by Gasteiger charge is -2.12. The topological polar surface area (TPSA) is 89.6 Å². The van der Waals surface area contributed by atoms with Gasteiger partial charge in [0.25, 0.3) is 0 Å².